The number of aromatic nitrogens is 2. The van der Waals surface area contributed by atoms with Crippen LogP contribution in [0.5, 0.6) is 0 Å². The summed E-state index contributed by atoms with van der Waals surface area (Å²) in [6.45, 7) is 4.00. The quantitative estimate of drug-likeness (QED) is 0.779. The number of benzene rings is 1. The van der Waals surface area contributed by atoms with E-state index >= 15 is 0 Å². The summed E-state index contributed by atoms with van der Waals surface area (Å²) >= 11 is 0. The third-order valence-electron chi connectivity index (χ3n) is 4.94. The molecule has 1 aliphatic carbocycles. The number of rotatable bonds is 5. The zero-order chi connectivity index (χ0) is 17.9. The summed E-state index contributed by atoms with van der Waals surface area (Å²) in [5, 5.41) is 24.0. The van der Waals surface area contributed by atoms with Gasteiger partial charge in [0.25, 0.3) is 5.91 Å². The molecule has 1 aliphatic rings. The van der Waals surface area contributed by atoms with Crippen molar-refractivity contribution in [3.8, 4) is 0 Å². The van der Waals surface area contributed by atoms with E-state index in [1.807, 2.05) is 38.1 Å². The highest BCUT2D eigenvalue weighted by molar-refractivity contribution is 5.95. The second kappa shape index (κ2) is 7.19. The summed E-state index contributed by atoms with van der Waals surface area (Å²) < 4.78 is 0. The van der Waals surface area contributed by atoms with Crippen molar-refractivity contribution in [2.45, 2.75) is 39.2 Å². The van der Waals surface area contributed by atoms with Gasteiger partial charge in [0.15, 0.2) is 5.82 Å². The molecule has 1 heterocycles. The molecule has 1 fully saturated rings. The Morgan fingerprint density at radius 3 is 2.88 bits per heavy atom. The fourth-order valence-corrected chi connectivity index (χ4v) is 3.26. The van der Waals surface area contributed by atoms with Gasteiger partial charge < -0.3 is 15.7 Å². The van der Waals surface area contributed by atoms with Crippen molar-refractivity contribution >= 4 is 17.4 Å². The first-order valence-electron chi connectivity index (χ1n) is 8.59. The first-order valence-corrected chi connectivity index (χ1v) is 8.59. The minimum absolute atomic E-state index is 0.00424. The second-order valence-electron chi connectivity index (χ2n) is 7.00. The van der Waals surface area contributed by atoms with E-state index in [0.717, 1.165) is 30.6 Å². The van der Waals surface area contributed by atoms with Crippen LogP contribution in [0.4, 0.5) is 11.5 Å². The lowest BCUT2D eigenvalue weighted by atomic mass is 9.85. The van der Waals surface area contributed by atoms with E-state index in [9.17, 15) is 9.90 Å². The summed E-state index contributed by atoms with van der Waals surface area (Å²) in [5.74, 6) is 0.511. The van der Waals surface area contributed by atoms with Gasteiger partial charge in [0.2, 0.25) is 0 Å². The van der Waals surface area contributed by atoms with Crippen molar-refractivity contribution in [3.63, 3.8) is 0 Å². The van der Waals surface area contributed by atoms with E-state index < -0.39 is 0 Å². The van der Waals surface area contributed by atoms with Gasteiger partial charge in [-0.1, -0.05) is 19.4 Å². The van der Waals surface area contributed by atoms with Crippen LogP contribution in [0.3, 0.4) is 0 Å². The minimum atomic E-state index is -0.233. The minimum Gasteiger partial charge on any atom is -0.396 e. The number of hydrogen-bond acceptors (Lipinski definition) is 5. The molecule has 3 N–H and O–H groups in total. The van der Waals surface area contributed by atoms with E-state index in [2.05, 4.69) is 20.8 Å². The maximum absolute atomic E-state index is 12.6. The normalized spacial score (nSPS) is 22.6. The zero-order valence-corrected chi connectivity index (χ0v) is 14.6. The highest BCUT2D eigenvalue weighted by atomic mass is 16.3. The van der Waals surface area contributed by atoms with Gasteiger partial charge in [0, 0.05) is 22.7 Å². The molecule has 2 unspecified atom stereocenters. The van der Waals surface area contributed by atoms with Crippen LogP contribution in [0.2, 0.25) is 0 Å². The number of aliphatic hydroxyl groups excluding tert-OH is 1. The number of hydrogen-bond donors (Lipinski definition) is 3. The molecule has 132 valence electrons. The summed E-state index contributed by atoms with van der Waals surface area (Å²) in [5.41, 5.74) is 1.98. The SMILES string of the molecule is Cc1ccc(Nc2cccc(C(=O)NC3CCCC3(C)CO)c2)nn1. The van der Waals surface area contributed by atoms with Gasteiger partial charge in [-0.15, -0.1) is 5.10 Å². The van der Waals surface area contributed by atoms with Crippen molar-refractivity contribution in [3.05, 3.63) is 47.7 Å². The molecule has 0 bridgehead atoms. The Bertz CT molecular complexity index is 747. The van der Waals surface area contributed by atoms with Crippen LogP contribution in [0.15, 0.2) is 36.4 Å². The largest absolute Gasteiger partial charge is 0.396 e. The van der Waals surface area contributed by atoms with E-state index in [1.54, 1.807) is 12.1 Å². The average Bonchev–Trinajstić information content (AvgIpc) is 2.98. The van der Waals surface area contributed by atoms with Crippen LogP contribution in [0.25, 0.3) is 0 Å². The molecule has 0 aliphatic heterocycles. The molecular formula is C19H24N4O2. The van der Waals surface area contributed by atoms with E-state index in [-0.39, 0.29) is 24.0 Å². The van der Waals surface area contributed by atoms with E-state index in [1.165, 1.54) is 0 Å². The predicted molar refractivity (Wildman–Crippen MR) is 96.8 cm³/mol. The molecule has 0 saturated heterocycles. The molecule has 0 spiro atoms. The Hall–Kier alpha value is -2.47. The second-order valence-corrected chi connectivity index (χ2v) is 7.00. The third kappa shape index (κ3) is 3.96. The Morgan fingerprint density at radius 1 is 1.32 bits per heavy atom. The molecule has 1 aromatic carbocycles. The summed E-state index contributed by atoms with van der Waals surface area (Å²) in [7, 11) is 0. The van der Waals surface area contributed by atoms with Crippen LogP contribution >= 0.6 is 0 Å². The first kappa shape index (κ1) is 17.4. The maximum Gasteiger partial charge on any atom is 0.251 e. The number of anilines is 2. The smallest absolute Gasteiger partial charge is 0.251 e. The molecule has 1 saturated carbocycles. The van der Waals surface area contributed by atoms with Gasteiger partial charge in [0.05, 0.1) is 12.3 Å². The zero-order valence-electron chi connectivity index (χ0n) is 14.6. The summed E-state index contributed by atoms with van der Waals surface area (Å²) in [6.07, 6.45) is 2.86. The highest BCUT2D eigenvalue weighted by Gasteiger charge is 2.39. The number of aliphatic hydroxyl groups is 1. The molecule has 2 atom stereocenters. The van der Waals surface area contributed by atoms with Crippen LogP contribution in [0, 0.1) is 12.3 Å². The van der Waals surface area contributed by atoms with Gasteiger partial charge >= 0.3 is 0 Å². The van der Waals surface area contributed by atoms with Crippen molar-refractivity contribution in [1.29, 1.82) is 0 Å². The molecule has 6 heteroatoms. The van der Waals surface area contributed by atoms with Crippen molar-refractivity contribution in [2.24, 2.45) is 5.41 Å². The van der Waals surface area contributed by atoms with Gasteiger partial charge in [-0.05, 0) is 50.1 Å². The molecular weight excluding hydrogens is 316 g/mol. The summed E-state index contributed by atoms with van der Waals surface area (Å²) in [4.78, 5) is 12.6. The maximum atomic E-state index is 12.6. The van der Waals surface area contributed by atoms with Crippen molar-refractivity contribution < 1.29 is 9.90 Å². The van der Waals surface area contributed by atoms with Crippen LogP contribution < -0.4 is 10.6 Å². The highest BCUT2D eigenvalue weighted by Crippen LogP contribution is 2.37. The number of aryl methyl sites for hydroxylation is 1. The number of nitrogens with one attached hydrogen (secondary N) is 2. The van der Waals surface area contributed by atoms with Gasteiger partial charge in [-0.3, -0.25) is 4.79 Å². The lowest BCUT2D eigenvalue weighted by Gasteiger charge is -2.30. The molecule has 2 aromatic rings. The van der Waals surface area contributed by atoms with Gasteiger partial charge in [-0.2, -0.15) is 5.10 Å². The number of carbonyl (C=O) groups is 1. The Kier molecular flexibility index (Phi) is 4.99. The molecule has 6 nitrogen and oxygen atoms in total. The molecule has 3 rings (SSSR count). The Labute approximate surface area is 147 Å². The number of nitrogens with zero attached hydrogens (tertiary/aromatic N) is 2. The van der Waals surface area contributed by atoms with E-state index in [0.29, 0.717) is 11.4 Å². The fraction of sp³-hybridized carbons (Fsp3) is 0.421. The van der Waals surface area contributed by atoms with Gasteiger partial charge in [0.1, 0.15) is 0 Å². The van der Waals surface area contributed by atoms with Crippen LogP contribution in [-0.2, 0) is 0 Å². The Morgan fingerprint density at radius 2 is 2.16 bits per heavy atom. The van der Waals surface area contributed by atoms with Crippen LogP contribution in [-0.4, -0.2) is 33.9 Å². The molecule has 25 heavy (non-hydrogen) atoms. The van der Waals surface area contributed by atoms with Gasteiger partial charge in [-0.25, -0.2) is 0 Å². The number of amides is 1. The average molecular weight is 340 g/mol. The third-order valence-corrected chi connectivity index (χ3v) is 4.94. The molecule has 1 aromatic heterocycles. The predicted octanol–water partition coefficient (Wildman–Crippen LogP) is 2.81. The van der Waals surface area contributed by atoms with Crippen LogP contribution in [0.1, 0.15) is 42.2 Å². The van der Waals surface area contributed by atoms with E-state index in [4.69, 9.17) is 0 Å². The standard InChI is InChI=1S/C19H24N4O2/c1-13-8-9-17(23-22-13)20-15-6-3-5-14(11-15)18(25)21-16-7-4-10-19(16,2)12-24/h3,5-6,8-9,11,16,24H,4,7,10,12H2,1-2H3,(H,20,23)(H,21,25). The topological polar surface area (TPSA) is 87.1 Å². The lowest BCUT2D eigenvalue weighted by Crippen LogP contribution is -2.44. The monoisotopic (exact) mass is 340 g/mol. The number of carbonyl (C=O) groups excluding carboxylic acids is 1. The fourth-order valence-electron chi connectivity index (χ4n) is 3.26. The van der Waals surface area contributed by atoms with Crippen molar-refractivity contribution in [2.75, 3.05) is 11.9 Å². The van der Waals surface area contributed by atoms with Crippen molar-refractivity contribution in [1.82, 2.24) is 15.5 Å². The first-order chi connectivity index (χ1) is 12.0. The molecule has 0 radical (unpaired) electrons. The Balaban J connectivity index is 1.70. The summed E-state index contributed by atoms with van der Waals surface area (Å²) in [6, 6.07) is 11.0. The molecule has 1 amide bonds. The lowest BCUT2D eigenvalue weighted by molar-refractivity contribution is 0.0830.